The smallest absolute Gasteiger partial charge is 0.347 e. The summed E-state index contributed by atoms with van der Waals surface area (Å²) < 4.78 is 9.46. The number of esters is 2. The highest BCUT2D eigenvalue weighted by atomic mass is 35.5. The second-order valence-corrected chi connectivity index (χ2v) is 3.89. The second kappa shape index (κ2) is 6.25. The first-order valence-electron chi connectivity index (χ1n) is 5.02. The molecule has 0 N–H and O–H groups in total. The minimum atomic E-state index is -0.934. The maximum absolute atomic E-state index is 11.4. The summed E-state index contributed by atoms with van der Waals surface area (Å²) in [5.41, 5.74) is 0.800. The van der Waals surface area contributed by atoms with Gasteiger partial charge in [-0.25, -0.2) is 4.79 Å². The monoisotopic (exact) mass is 256 g/mol. The average molecular weight is 257 g/mol. The van der Waals surface area contributed by atoms with Gasteiger partial charge in [0.25, 0.3) is 0 Å². The Morgan fingerprint density at radius 2 is 2.12 bits per heavy atom. The summed E-state index contributed by atoms with van der Waals surface area (Å²) in [6.45, 7) is 1.24. The molecule has 1 aromatic rings. The van der Waals surface area contributed by atoms with Crippen molar-refractivity contribution in [2.45, 2.75) is 19.4 Å². The molecule has 0 spiro atoms. The number of carbonyl (C=O) groups excluding carboxylic acids is 2. The Hall–Kier alpha value is -1.55. The van der Waals surface area contributed by atoms with E-state index in [1.54, 1.807) is 24.3 Å². The molecule has 17 heavy (non-hydrogen) atoms. The molecule has 0 radical (unpaired) electrons. The van der Waals surface area contributed by atoms with Gasteiger partial charge in [-0.2, -0.15) is 0 Å². The van der Waals surface area contributed by atoms with Crippen molar-refractivity contribution in [3.05, 3.63) is 34.9 Å². The molecule has 0 amide bonds. The second-order valence-electron chi connectivity index (χ2n) is 3.46. The number of halogens is 1. The van der Waals surface area contributed by atoms with Crippen LogP contribution in [-0.2, 0) is 25.5 Å². The van der Waals surface area contributed by atoms with E-state index in [-0.39, 0.29) is 6.42 Å². The quantitative estimate of drug-likeness (QED) is 0.773. The molecule has 1 atom stereocenters. The lowest BCUT2D eigenvalue weighted by Crippen LogP contribution is -2.29. The first kappa shape index (κ1) is 13.5. The van der Waals surface area contributed by atoms with E-state index in [0.717, 1.165) is 5.56 Å². The normalized spacial score (nSPS) is 11.7. The van der Waals surface area contributed by atoms with Gasteiger partial charge in [0, 0.05) is 18.4 Å². The Kier molecular flexibility index (Phi) is 4.97. The molecule has 92 valence electrons. The van der Waals surface area contributed by atoms with Crippen LogP contribution >= 0.6 is 11.6 Å². The summed E-state index contributed by atoms with van der Waals surface area (Å²) >= 11 is 5.82. The van der Waals surface area contributed by atoms with Crippen molar-refractivity contribution in [1.29, 1.82) is 0 Å². The van der Waals surface area contributed by atoms with Crippen molar-refractivity contribution in [3.63, 3.8) is 0 Å². The molecular weight excluding hydrogens is 244 g/mol. The fourth-order valence-electron chi connectivity index (χ4n) is 1.38. The van der Waals surface area contributed by atoms with Crippen molar-refractivity contribution in [2.75, 3.05) is 7.11 Å². The number of ether oxygens (including phenoxy) is 2. The zero-order valence-corrected chi connectivity index (χ0v) is 10.4. The lowest BCUT2D eigenvalue weighted by atomic mass is 10.1. The van der Waals surface area contributed by atoms with Crippen LogP contribution in [0.1, 0.15) is 12.5 Å². The minimum Gasteiger partial charge on any atom is -0.466 e. The molecule has 0 saturated heterocycles. The summed E-state index contributed by atoms with van der Waals surface area (Å²) in [5, 5.41) is 0.564. The van der Waals surface area contributed by atoms with Crippen molar-refractivity contribution >= 4 is 23.5 Å². The third kappa shape index (κ3) is 4.44. The average Bonchev–Trinajstić information content (AvgIpc) is 2.26. The van der Waals surface area contributed by atoms with E-state index < -0.39 is 18.0 Å². The first-order chi connectivity index (χ1) is 8.02. The predicted octanol–water partition coefficient (Wildman–Crippen LogP) is 1.99. The van der Waals surface area contributed by atoms with E-state index >= 15 is 0 Å². The topological polar surface area (TPSA) is 52.6 Å². The van der Waals surface area contributed by atoms with Crippen molar-refractivity contribution in [2.24, 2.45) is 0 Å². The van der Waals surface area contributed by atoms with Crippen LogP contribution < -0.4 is 0 Å². The fraction of sp³-hybridized carbons (Fsp3) is 0.333. The van der Waals surface area contributed by atoms with Gasteiger partial charge in [-0.05, 0) is 17.7 Å². The number of hydrogen-bond donors (Lipinski definition) is 0. The fourth-order valence-corrected chi connectivity index (χ4v) is 1.60. The molecule has 1 aromatic carbocycles. The van der Waals surface area contributed by atoms with E-state index in [9.17, 15) is 9.59 Å². The molecular formula is C12H13ClO4. The van der Waals surface area contributed by atoms with E-state index in [0.29, 0.717) is 5.02 Å². The van der Waals surface area contributed by atoms with Gasteiger partial charge in [0.15, 0.2) is 0 Å². The molecule has 0 aliphatic carbocycles. The lowest BCUT2D eigenvalue weighted by molar-refractivity contribution is -0.164. The molecule has 0 aliphatic heterocycles. The standard InChI is InChI=1S/C12H13ClO4/c1-8(14)17-11(12(15)16-2)7-9-4-3-5-10(13)6-9/h3-6,11H,7H2,1-2H3. The van der Waals surface area contributed by atoms with Crippen LogP contribution in [0, 0.1) is 0 Å². The molecule has 1 rings (SSSR count). The SMILES string of the molecule is COC(=O)C(Cc1cccc(Cl)c1)OC(C)=O. The number of benzene rings is 1. The van der Waals surface area contributed by atoms with Gasteiger partial charge < -0.3 is 9.47 Å². The van der Waals surface area contributed by atoms with Gasteiger partial charge in [-0.1, -0.05) is 23.7 Å². The van der Waals surface area contributed by atoms with Crippen LogP contribution in [-0.4, -0.2) is 25.2 Å². The molecule has 0 fully saturated rings. The number of methoxy groups -OCH3 is 1. The van der Waals surface area contributed by atoms with Crippen LogP contribution in [0.3, 0.4) is 0 Å². The van der Waals surface area contributed by atoms with Crippen molar-refractivity contribution in [1.82, 2.24) is 0 Å². The summed E-state index contributed by atoms with van der Waals surface area (Å²) in [6.07, 6.45) is -0.691. The summed E-state index contributed by atoms with van der Waals surface area (Å²) in [6, 6.07) is 7.00. The Bertz CT molecular complexity index is 417. The first-order valence-corrected chi connectivity index (χ1v) is 5.40. The largest absolute Gasteiger partial charge is 0.466 e. The van der Waals surface area contributed by atoms with Crippen LogP contribution in [0.15, 0.2) is 24.3 Å². The van der Waals surface area contributed by atoms with Crippen LogP contribution in [0.4, 0.5) is 0 Å². The highest BCUT2D eigenvalue weighted by Crippen LogP contribution is 2.14. The Morgan fingerprint density at radius 1 is 1.41 bits per heavy atom. The summed E-state index contributed by atoms with van der Waals surface area (Å²) in [5.74, 6) is -1.11. The number of hydrogen-bond acceptors (Lipinski definition) is 4. The molecule has 0 bridgehead atoms. The van der Waals surface area contributed by atoms with E-state index in [1.165, 1.54) is 14.0 Å². The zero-order chi connectivity index (χ0) is 12.8. The Labute approximate surface area is 104 Å². The third-order valence-corrected chi connectivity index (χ3v) is 2.32. The molecule has 0 heterocycles. The zero-order valence-electron chi connectivity index (χ0n) is 9.60. The van der Waals surface area contributed by atoms with E-state index in [4.69, 9.17) is 16.3 Å². The van der Waals surface area contributed by atoms with Gasteiger partial charge in [0.05, 0.1) is 7.11 Å². The van der Waals surface area contributed by atoms with E-state index in [1.807, 2.05) is 0 Å². The van der Waals surface area contributed by atoms with Gasteiger partial charge in [0.2, 0.25) is 6.10 Å². The van der Waals surface area contributed by atoms with Gasteiger partial charge in [-0.3, -0.25) is 4.79 Å². The number of carbonyl (C=O) groups is 2. The molecule has 0 aliphatic rings. The molecule has 0 saturated carbocycles. The van der Waals surface area contributed by atoms with E-state index in [2.05, 4.69) is 4.74 Å². The molecule has 5 heteroatoms. The van der Waals surface area contributed by atoms with Crippen molar-refractivity contribution in [3.8, 4) is 0 Å². The van der Waals surface area contributed by atoms with Crippen LogP contribution in [0.2, 0.25) is 5.02 Å². The van der Waals surface area contributed by atoms with Gasteiger partial charge in [0.1, 0.15) is 0 Å². The Morgan fingerprint density at radius 3 is 2.65 bits per heavy atom. The predicted molar refractivity (Wildman–Crippen MR) is 62.7 cm³/mol. The summed E-state index contributed by atoms with van der Waals surface area (Å²) in [7, 11) is 1.25. The van der Waals surface area contributed by atoms with Crippen molar-refractivity contribution < 1.29 is 19.1 Å². The minimum absolute atomic E-state index is 0.243. The Balaban J connectivity index is 2.78. The highest BCUT2D eigenvalue weighted by molar-refractivity contribution is 6.30. The maximum Gasteiger partial charge on any atom is 0.347 e. The molecule has 0 aromatic heterocycles. The van der Waals surface area contributed by atoms with Crippen LogP contribution in [0.25, 0.3) is 0 Å². The maximum atomic E-state index is 11.4. The third-order valence-electron chi connectivity index (χ3n) is 2.08. The van der Waals surface area contributed by atoms with Crippen LogP contribution in [0.5, 0.6) is 0 Å². The highest BCUT2D eigenvalue weighted by Gasteiger charge is 2.22. The van der Waals surface area contributed by atoms with Gasteiger partial charge in [-0.15, -0.1) is 0 Å². The number of rotatable bonds is 4. The van der Waals surface area contributed by atoms with Gasteiger partial charge >= 0.3 is 11.9 Å². The molecule has 1 unspecified atom stereocenters. The summed E-state index contributed by atoms with van der Waals surface area (Å²) in [4.78, 5) is 22.3. The lowest BCUT2D eigenvalue weighted by Gasteiger charge is -2.14. The molecule has 4 nitrogen and oxygen atoms in total.